The lowest BCUT2D eigenvalue weighted by atomic mass is 9.96. The third kappa shape index (κ3) is 2.79. The third-order valence-corrected chi connectivity index (χ3v) is 5.46. The van der Waals surface area contributed by atoms with Crippen LogP contribution in [-0.4, -0.2) is 40.2 Å². The molecule has 19 heavy (non-hydrogen) atoms. The molecule has 1 aliphatic heterocycles. The van der Waals surface area contributed by atoms with E-state index in [2.05, 4.69) is 16.1 Å². The fourth-order valence-electron chi connectivity index (χ4n) is 2.52. The van der Waals surface area contributed by atoms with Crippen LogP contribution in [0.5, 0.6) is 0 Å². The molecule has 1 fully saturated rings. The van der Waals surface area contributed by atoms with Gasteiger partial charge >= 0.3 is 0 Å². The average Bonchev–Trinajstić information content (AvgIpc) is 2.48. The van der Waals surface area contributed by atoms with E-state index in [1.807, 2.05) is 18.7 Å². The van der Waals surface area contributed by atoms with Crippen molar-refractivity contribution in [3.63, 3.8) is 0 Å². The molecule has 0 saturated carbocycles. The lowest BCUT2D eigenvalue weighted by molar-refractivity contribution is 0.453. The Hall–Kier alpha value is -1.01. The Morgan fingerprint density at radius 3 is 2.68 bits per heavy atom. The maximum atomic E-state index is 12.2. The van der Waals surface area contributed by atoms with E-state index in [0.29, 0.717) is 18.9 Å². The molecule has 2 rings (SSSR count). The van der Waals surface area contributed by atoms with Crippen LogP contribution in [0.15, 0.2) is 17.2 Å². The Morgan fingerprint density at radius 2 is 2.16 bits per heavy atom. The summed E-state index contributed by atoms with van der Waals surface area (Å²) in [5.41, 5.74) is 5.90. The van der Waals surface area contributed by atoms with Crippen LogP contribution in [0.4, 0.5) is 5.82 Å². The second kappa shape index (κ2) is 5.96. The van der Waals surface area contributed by atoms with Crippen LogP contribution in [0.25, 0.3) is 0 Å². The van der Waals surface area contributed by atoms with Crippen LogP contribution in [0.3, 0.4) is 0 Å². The van der Waals surface area contributed by atoms with Gasteiger partial charge in [-0.05, 0) is 26.0 Å². The van der Waals surface area contributed by atoms with Crippen molar-refractivity contribution in [3.05, 3.63) is 22.7 Å². The molecule has 0 aromatic carbocycles. The number of aryl methyl sites for hydroxylation is 1. The quantitative estimate of drug-likeness (QED) is 0.890. The van der Waals surface area contributed by atoms with E-state index in [4.69, 9.17) is 5.73 Å². The van der Waals surface area contributed by atoms with Gasteiger partial charge in [0.05, 0.1) is 0 Å². The van der Waals surface area contributed by atoms with Crippen molar-refractivity contribution in [2.24, 2.45) is 5.73 Å². The van der Waals surface area contributed by atoms with Gasteiger partial charge in [-0.2, -0.15) is 11.8 Å². The molecule has 1 aromatic heterocycles. The lowest BCUT2D eigenvalue weighted by Gasteiger charge is -2.40. The summed E-state index contributed by atoms with van der Waals surface area (Å²) in [5, 5.41) is 0. The second-order valence-corrected chi connectivity index (χ2v) is 6.19. The van der Waals surface area contributed by atoms with Gasteiger partial charge in [0, 0.05) is 43.3 Å². The van der Waals surface area contributed by atoms with Gasteiger partial charge in [-0.3, -0.25) is 4.79 Å². The monoisotopic (exact) mass is 282 g/mol. The fraction of sp³-hybridized carbons (Fsp3) is 0.692. The molecule has 2 N–H and O–H groups in total. The minimum absolute atomic E-state index is 0.00870. The largest absolute Gasteiger partial charge is 0.352 e. The van der Waals surface area contributed by atoms with Crippen LogP contribution in [0.1, 0.15) is 19.8 Å². The maximum Gasteiger partial charge on any atom is 0.293 e. The van der Waals surface area contributed by atoms with E-state index in [0.717, 1.165) is 25.9 Å². The summed E-state index contributed by atoms with van der Waals surface area (Å²) in [4.78, 5) is 18.6. The van der Waals surface area contributed by atoms with Gasteiger partial charge in [-0.15, -0.1) is 0 Å². The molecule has 1 aliphatic rings. The van der Waals surface area contributed by atoms with E-state index in [1.165, 1.54) is 0 Å². The van der Waals surface area contributed by atoms with E-state index in [1.54, 1.807) is 17.0 Å². The molecule has 6 heteroatoms. The number of hydrogen-bond acceptors (Lipinski definition) is 5. The molecular formula is C13H22N4OS. The average molecular weight is 282 g/mol. The highest BCUT2D eigenvalue weighted by atomic mass is 32.2. The Bertz CT molecular complexity index is 474. The highest BCUT2D eigenvalue weighted by Crippen LogP contribution is 2.34. The molecule has 0 aliphatic carbocycles. The molecule has 0 atom stereocenters. The zero-order chi connectivity index (χ0) is 13.9. The first-order chi connectivity index (χ1) is 9.15. The Morgan fingerprint density at radius 1 is 1.47 bits per heavy atom. The molecule has 0 unspecified atom stereocenters. The summed E-state index contributed by atoms with van der Waals surface area (Å²) in [7, 11) is 0. The van der Waals surface area contributed by atoms with Gasteiger partial charge in [-0.1, -0.05) is 0 Å². The first-order valence-electron chi connectivity index (χ1n) is 6.71. The van der Waals surface area contributed by atoms with Crippen molar-refractivity contribution >= 4 is 17.6 Å². The standard InChI is InChI=1S/C13H22N4OS/c1-3-16-9-6-15-11(12(16)18)17-7-4-13(10-14,19-2)5-8-17/h6,9H,3-5,7-8,10,14H2,1-2H3. The fourth-order valence-corrected chi connectivity index (χ4v) is 3.28. The summed E-state index contributed by atoms with van der Waals surface area (Å²) in [6.07, 6.45) is 7.58. The zero-order valence-corrected chi connectivity index (χ0v) is 12.4. The van der Waals surface area contributed by atoms with Gasteiger partial charge < -0.3 is 15.2 Å². The van der Waals surface area contributed by atoms with Crippen molar-refractivity contribution in [2.75, 3.05) is 30.8 Å². The smallest absolute Gasteiger partial charge is 0.293 e. The topological polar surface area (TPSA) is 64.2 Å². The highest BCUT2D eigenvalue weighted by Gasteiger charge is 2.33. The molecular weight excluding hydrogens is 260 g/mol. The van der Waals surface area contributed by atoms with Gasteiger partial charge in [0.2, 0.25) is 0 Å². The first-order valence-corrected chi connectivity index (χ1v) is 7.94. The van der Waals surface area contributed by atoms with Crippen molar-refractivity contribution < 1.29 is 0 Å². The SMILES string of the molecule is CCn1ccnc(N2CCC(CN)(SC)CC2)c1=O. The highest BCUT2D eigenvalue weighted by molar-refractivity contribution is 8.00. The van der Waals surface area contributed by atoms with Crippen molar-refractivity contribution in [3.8, 4) is 0 Å². The molecule has 1 saturated heterocycles. The van der Waals surface area contributed by atoms with E-state index in [-0.39, 0.29) is 10.3 Å². The Kier molecular flexibility index (Phi) is 4.52. The normalized spacial score (nSPS) is 18.6. The van der Waals surface area contributed by atoms with E-state index in [9.17, 15) is 4.79 Å². The van der Waals surface area contributed by atoms with Crippen LogP contribution in [-0.2, 0) is 6.54 Å². The van der Waals surface area contributed by atoms with Gasteiger partial charge in [0.1, 0.15) is 0 Å². The number of hydrogen-bond donors (Lipinski definition) is 1. The summed E-state index contributed by atoms with van der Waals surface area (Å²) in [6, 6.07) is 0. The first kappa shape index (κ1) is 14.4. The van der Waals surface area contributed by atoms with E-state index < -0.39 is 0 Å². The molecule has 5 nitrogen and oxygen atoms in total. The lowest BCUT2D eigenvalue weighted by Crippen LogP contribution is -2.48. The van der Waals surface area contributed by atoms with Gasteiger partial charge in [0.15, 0.2) is 5.82 Å². The molecule has 0 radical (unpaired) electrons. The Labute approximate surface area is 118 Å². The number of rotatable bonds is 4. The number of thioether (sulfide) groups is 1. The maximum absolute atomic E-state index is 12.2. The molecule has 106 valence electrons. The minimum Gasteiger partial charge on any atom is -0.352 e. The van der Waals surface area contributed by atoms with Crippen LogP contribution >= 0.6 is 11.8 Å². The zero-order valence-electron chi connectivity index (χ0n) is 11.6. The van der Waals surface area contributed by atoms with Crippen LogP contribution < -0.4 is 16.2 Å². The van der Waals surface area contributed by atoms with Crippen molar-refractivity contribution in [1.82, 2.24) is 9.55 Å². The molecule has 0 bridgehead atoms. The predicted molar refractivity (Wildman–Crippen MR) is 80.9 cm³/mol. The predicted octanol–water partition coefficient (Wildman–Crippen LogP) is 0.924. The summed E-state index contributed by atoms with van der Waals surface area (Å²) in [5.74, 6) is 0.580. The van der Waals surface area contributed by atoms with Crippen molar-refractivity contribution in [1.29, 1.82) is 0 Å². The van der Waals surface area contributed by atoms with Crippen molar-refractivity contribution in [2.45, 2.75) is 31.1 Å². The summed E-state index contributed by atoms with van der Waals surface area (Å²) in [6.45, 7) is 5.06. The number of anilines is 1. The number of aromatic nitrogens is 2. The molecule has 0 spiro atoms. The van der Waals surface area contributed by atoms with Crippen LogP contribution in [0, 0.1) is 0 Å². The number of nitrogens with two attached hydrogens (primary N) is 1. The number of piperidine rings is 1. The second-order valence-electron chi connectivity index (χ2n) is 4.92. The molecule has 1 aromatic rings. The third-order valence-electron chi connectivity index (χ3n) is 4.02. The molecule has 2 heterocycles. The minimum atomic E-state index is 0.00870. The number of nitrogens with zero attached hydrogens (tertiary/aromatic N) is 3. The van der Waals surface area contributed by atoms with E-state index >= 15 is 0 Å². The molecule has 0 amide bonds. The summed E-state index contributed by atoms with van der Waals surface area (Å²) >= 11 is 1.85. The van der Waals surface area contributed by atoms with Crippen LogP contribution in [0.2, 0.25) is 0 Å². The van der Waals surface area contributed by atoms with Gasteiger partial charge in [-0.25, -0.2) is 4.98 Å². The Balaban J connectivity index is 2.16. The van der Waals surface area contributed by atoms with Gasteiger partial charge in [0.25, 0.3) is 5.56 Å². The summed E-state index contributed by atoms with van der Waals surface area (Å²) < 4.78 is 1.87.